The summed E-state index contributed by atoms with van der Waals surface area (Å²) in [4.78, 5) is 0. The van der Waals surface area contributed by atoms with Gasteiger partial charge >= 0.3 is 0 Å². The van der Waals surface area contributed by atoms with Crippen LogP contribution in [0.3, 0.4) is 0 Å². The molecule has 0 bridgehead atoms. The van der Waals surface area contributed by atoms with Gasteiger partial charge in [0.15, 0.2) is 0 Å². The lowest BCUT2D eigenvalue weighted by atomic mass is 10.1. The number of nitrogens with two attached hydrogens (primary N) is 1. The third-order valence-corrected chi connectivity index (χ3v) is 2.11. The molecule has 0 amide bonds. The lowest BCUT2D eigenvalue weighted by Crippen LogP contribution is -2.01. The zero-order valence-electron chi connectivity index (χ0n) is 8.49. The second-order valence-electron chi connectivity index (χ2n) is 3.29. The van der Waals surface area contributed by atoms with Crippen molar-refractivity contribution in [1.29, 1.82) is 0 Å². The van der Waals surface area contributed by atoms with Gasteiger partial charge in [0, 0.05) is 7.11 Å². The van der Waals surface area contributed by atoms with Gasteiger partial charge in [-0.2, -0.15) is 0 Å². The molecule has 0 unspecified atom stereocenters. The topological polar surface area (TPSA) is 55.5 Å². The van der Waals surface area contributed by atoms with E-state index >= 15 is 0 Å². The minimum absolute atomic E-state index is 0.346. The van der Waals surface area contributed by atoms with E-state index in [0.29, 0.717) is 18.9 Å². The van der Waals surface area contributed by atoms with Crippen LogP contribution in [0, 0.1) is 0 Å². The van der Waals surface area contributed by atoms with Crippen LogP contribution in [-0.2, 0) is 17.8 Å². The number of hydrogen-bond acceptors (Lipinski definition) is 3. The molecule has 14 heavy (non-hydrogen) atoms. The van der Waals surface area contributed by atoms with Gasteiger partial charge in [0.2, 0.25) is 0 Å². The third-order valence-electron chi connectivity index (χ3n) is 2.11. The van der Waals surface area contributed by atoms with Crippen molar-refractivity contribution in [2.75, 3.05) is 13.7 Å². The maximum atomic E-state index is 9.55. The molecule has 0 aliphatic rings. The molecule has 0 atom stereocenters. The van der Waals surface area contributed by atoms with Crippen LogP contribution in [-0.4, -0.2) is 18.8 Å². The molecule has 0 saturated heterocycles. The van der Waals surface area contributed by atoms with Crippen LogP contribution in [0.5, 0.6) is 5.75 Å². The van der Waals surface area contributed by atoms with Gasteiger partial charge in [0.1, 0.15) is 5.75 Å². The molecule has 0 aliphatic carbocycles. The zero-order chi connectivity index (χ0) is 10.4. The highest BCUT2D eigenvalue weighted by Crippen LogP contribution is 2.20. The number of phenolic OH excluding ortho intramolecular Hbond substituents is 1. The van der Waals surface area contributed by atoms with Crippen LogP contribution in [0.15, 0.2) is 18.2 Å². The van der Waals surface area contributed by atoms with Crippen LogP contribution in [0.25, 0.3) is 0 Å². The van der Waals surface area contributed by atoms with Crippen LogP contribution in [0.4, 0.5) is 0 Å². The van der Waals surface area contributed by atoms with Gasteiger partial charge < -0.3 is 15.6 Å². The van der Waals surface area contributed by atoms with E-state index < -0.39 is 0 Å². The van der Waals surface area contributed by atoms with Crippen molar-refractivity contribution in [1.82, 2.24) is 0 Å². The quantitative estimate of drug-likeness (QED) is 0.747. The Morgan fingerprint density at radius 3 is 2.86 bits per heavy atom. The van der Waals surface area contributed by atoms with Crippen LogP contribution >= 0.6 is 0 Å². The highest BCUT2D eigenvalue weighted by atomic mass is 16.5. The van der Waals surface area contributed by atoms with Crippen molar-refractivity contribution >= 4 is 0 Å². The maximum Gasteiger partial charge on any atom is 0.118 e. The second-order valence-corrected chi connectivity index (χ2v) is 3.29. The van der Waals surface area contributed by atoms with Gasteiger partial charge in [-0.1, -0.05) is 6.07 Å². The first-order chi connectivity index (χ1) is 6.77. The number of aryl methyl sites for hydroxylation is 1. The summed E-state index contributed by atoms with van der Waals surface area (Å²) in [5, 5.41) is 9.55. The predicted octanol–water partition coefficient (Wildman–Crippen LogP) is 1.43. The van der Waals surface area contributed by atoms with Gasteiger partial charge in [-0.05, 0) is 42.6 Å². The smallest absolute Gasteiger partial charge is 0.118 e. The minimum atomic E-state index is 0.346. The maximum absolute atomic E-state index is 9.55. The number of rotatable bonds is 5. The van der Waals surface area contributed by atoms with Crippen molar-refractivity contribution < 1.29 is 9.84 Å². The Balaban J connectivity index is 2.74. The number of methoxy groups -OCH3 is 1. The Labute approximate surface area is 84.5 Å². The Kier molecular flexibility index (Phi) is 4.43. The van der Waals surface area contributed by atoms with E-state index in [1.807, 2.05) is 12.1 Å². The Morgan fingerprint density at radius 2 is 2.21 bits per heavy atom. The molecule has 3 heteroatoms. The summed E-state index contributed by atoms with van der Waals surface area (Å²) < 4.78 is 5.02. The number of ether oxygens (including phenoxy) is 1. The van der Waals surface area contributed by atoms with E-state index in [2.05, 4.69) is 0 Å². The number of benzene rings is 1. The van der Waals surface area contributed by atoms with Crippen molar-refractivity contribution in [3.63, 3.8) is 0 Å². The molecule has 0 radical (unpaired) electrons. The van der Waals surface area contributed by atoms with Crippen LogP contribution in [0.1, 0.15) is 17.5 Å². The molecule has 1 rings (SSSR count). The summed E-state index contributed by atoms with van der Waals surface area (Å²) >= 11 is 0. The lowest BCUT2D eigenvalue weighted by Gasteiger charge is -2.06. The summed E-state index contributed by atoms with van der Waals surface area (Å²) in [5.74, 6) is 0.346. The largest absolute Gasteiger partial charge is 0.508 e. The van der Waals surface area contributed by atoms with Crippen molar-refractivity contribution in [2.45, 2.75) is 19.4 Å². The van der Waals surface area contributed by atoms with Gasteiger partial charge in [-0.3, -0.25) is 0 Å². The molecule has 0 spiro atoms. The highest BCUT2D eigenvalue weighted by molar-refractivity contribution is 5.36. The van der Waals surface area contributed by atoms with Gasteiger partial charge in [0.25, 0.3) is 0 Å². The molecule has 0 saturated carbocycles. The first kappa shape index (κ1) is 11.0. The molecular weight excluding hydrogens is 178 g/mol. The number of hydrogen-bond donors (Lipinski definition) is 2. The molecule has 78 valence electrons. The van der Waals surface area contributed by atoms with E-state index in [-0.39, 0.29) is 0 Å². The molecule has 0 aliphatic heterocycles. The van der Waals surface area contributed by atoms with Gasteiger partial charge in [-0.15, -0.1) is 0 Å². The first-order valence-electron chi connectivity index (χ1n) is 4.77. The Morgan fingerprint density at radius 1 is 1.43 bits per heavy atom. The molecule has 3 N–H and O–H groups in total. The minimum Gasteiger partial charge on any atom is -0.508 e. The van der Waals surface area contributed by atoms with E-state index in [1.165, 1.54) is 0 Å². The number of phenols is 1. The van der Waals surface area contributed by atoms with Crippen LogP contribution < -0.4 is 5.73 Å². The van der Waals surface area contributed by atoms with E-state index in [0.717, 1.165) is 24.0 Å². The van der Waals surface area contributed by atoms with E-state index in [1.54, 1.807) is 13.2 Å². The molecule has 0 heterocycles. The lowest BCUT2D eigenvalue weighted by molar-refractivity contribution is 0.185. The normalized spacial score (nSPS) is 10.4. The summed E-state index contributed by atoms with van der Waals surface area (Å²) in [7, 11) is 1.66. The fraction of sp³-hybridized carbons (Fsp3) is 0.455. The van der Waals surface area contributed by atoms with Crippen molar-refractivity contribution in [3.8, 4) is 5.75 Å². The molecule has 0 aromatic heterocycles. The second kappa shape index (κ2) is 5.62. The standard InChI is InChI=1S/C11H17NO2/c1-14-8-9-4-5-11(13)10(7-9)3-2-6-12/h4-5,7,13H,2-3,6,8,12H2,1H3. The zero-order valence-corrected chi connectivity index (χ0v) is 8.49. The third kappa shape index (κ3) is 3.01. The van der Waals surface area contributed by atoms with Gasteiger partial charge in [0.05, 0.1) is 6.61 Å². The van der Waals surface area contributed by atoms with Crippen molar-refractivity contribution in [2.24, 2.45) is 5.73 Å². The average Bonchev–Trinajstić information content (AvgIpc) is 2.19. The summed E-state index contributed by atoms with van der Waals surface area (Å²) in [6.45, 7) is 1.23. The monoisotopic (exact) mass is 195 g/mol. The fourth-order valence-corrected chi connectivity index (χ4v) is 1.39. The molecule has 1 aromatic carbocycles. The first-order valence-corrected chi connectivity index (χ1v) is 4.77. The van der Waals surface area contributed by atoms with E-state index in [9.17, 15) is 5.11 Å². The summed E-state index contributed by atoms with van der Waals surface area (Å²) in [6, 6.07) is 5.54. The molecular formula is C11H17NO2. The highest BCUT2D eigenvalue weighted by Gasteiger charge is 2.02. The van der Waals surface area contributed by atoms with Gasteiger partial charge in [-0.25, -0.2) is 0 Å². The molecule has 1 aromatic rings. The summed E-state index contributed by atoms with van der Waals surface area (Å²) in [6.07, 6.45) is 1.71. The predicted molar refractivity (Wildman–Crippen MR) is 56.2 cm³/mol. The Bertz CT molecular complexity index is 287. The van der Waals surface area contributed by atoms with Crippen LogP contribution in [0.2, 0.25) is 0 Å². The number of aromatic hydroxyl groups is 1. The van der Waals surface area contributed by atoms with E-state index in [4.69, 9.17) is 10.5 Å². The molecule has 0 fully saturated rings. The fourth-order valence-electron chi connectivity index (χ4n) is 1.39. The SMILES string of the molecule is COCc1ccc(O)c(CCCN)c1. The average molecular weight is 195 g/mol. The molecule has 3 nitrogen and oxygen atoms in total. The Hall–Kier alpha value is -1.06. The summed E-state index contributed by atoms with van der Waals surface area (Å²) in [5.41, 5.74) is 7.45. The van der Waals surface area contributed by atoms with Crippen molar-refractivity contribution in [3.05, 3.63) is 29.3 Å².